The van der Waals surface area contributed by atoms with Crippen LogP contribution in [0.1, 0.15) is 30.8 Å². The number of rotatable bonds is 6. The molecule has 1 amide bonds. The second kappa shape index (κ2) is 7.62. The van der Waals surface area contributed by atoms with Gasteiger partial charge in [0, 0.05) is 25.2 Å². The summed E-state index contributed by atoms with van der Waals surface area (Å²) >= 11 is 6.16. The molecule has 0 spiro atoms. The van der Waals surface area contributed by atoms with Crippen molar-refractivity contribution in [1.82, 2.24) is 15.1 Å². The van der Waals surface area contributed by atoms with Crippen molar-refractivity contribution in [3.63, 3.8) is 0 Å². The van der Waals surface area contributed by atoms with Gasteiger partial charge < -0.3 is 10.6 Å². The zero-order valence-electron chi connectivity index (χ0n) is 13.7. The zero-order valence-corrected chi connectivity index (χ0v) is 14.5. The quantitative estimate of drug-likeness (QED) is 0.852. The molecule has 124 valence electrons. The summed E-state index contributed by atoms with van der Waals surface area (Å²) in [6.07, 6.45) is 0.769. The van der Waals surface area contributed by atoms with E-state index in [0.29, 0.717) is 28.9 Å². The van der Waals surface area contributed by atoms with Crippen molar-refractivity contribution in [1.29, 1.82) is 0 Å². The lowest BCUT2D eigenvalue weighted by Crippen LogP contribution is -2.34. The van der Waals surface area contributed by atoms with Crippen molar-refractivity contribution >= 4 is 17.5 Å². The molecule has 0 saturated heterocycles. The Morgan fingerprint density at radius 3 is 2.74 bits per heavy atom. The predicted octanol–water partition coefficient (Wildman–Crippen LogP) is 3.18. The summed E-state index contributed by atoms with van der Waals surface area (Å²) in [5.41, 5.74) is 7.93. The fourth-order valence-electron chi connectivity index (χ4n) is 2.22. The van der Waals surface area contributed by atoms with Gasteiger partial charge in [-0.25, -0.2) is 0 Å². The molecule has 0 aliphatic heterocycles. The molecular weight excluding hydrogens is 312 g/mol. The number of nitrogens with two attached hydrogens (primary N) is 1. The molecule has 3 N–H and O–H groups in total. The van der Waals surface area contributed by atoms with Gasteiger partial charge in [-0.1, -0.05) is 43.6 Å². The lowest BCUT2D eigenvalue weighted by Gasteiger charge is -2.21. The fourth-order valence-corrected chi connectivity index (χ4v) is 2.45. The van der Waals surface area contributed by atoms with Gasteiger partial charge in [-0.15, -0.1) is 0 Å². The molecule has 1 unspecified atom stereocenters. The smallest absolute Gasteiger partial charge is 0.271 e. The number of carbonyl (C=O) groups is 1. The number of aromatic amines is 1. The third kappa shape index (κ3) is 4.33. The van der Waals surface area contributed by atoms with Gasteiger partial charge in [-0.05, 0) is 24.5 Å². The first-order chi connectivity index (χ1) is 10.9. The number of hydrogen-bond acceptors (Lipinski definition) is 3. The van der Waals surface area contributed by atoms with Crippen LogP contribution in [0.2, 0.25) is 5.02 Å². The molecule has 0 aliphatic carbocycles. The van der Waals surface area contributed by atoms with Crippen molar-refractivity contribution in [2.24, 2.45) is 11.7 Å². The van der Waals surface area contributed by atoms with E-state index in [-0.39, 0.29) is 11.9 Å². The molecule has 0 aliphatic rings. The predicted molar refractivity (Wildman–Crippen MR) is 93.4 cm³/mol. The Balaban J connectivity index is 2.05. The summed E-state index contributed by atoms with van der Waals surface area (Å²) in [5, 5.41) is 7.59. The normalized spacial score (nSPS) is 12.4. The Labute approximate surface area is 141 Å². The van der Waals surface area contributed by atoms with E-state index in [1.54, 1.807) is 24.1 Å². The molecule has 1 atom stereocenters. The molecule has 1 aromatic carbocycles. The van der Waals surface area contributed by atoms with E-state index in [1.165, 1.54) is 0 Å². The Morgan fingerprint density at radius 2 is 2.09 bits per heavy atom. The van der Waals surface area contributed by atoms with E-state index in [9.17, 15) is 4.79 Å². The number of halogens is 1. The van der Waals surface area contributed by atoms with Crippen LogP contribution in [-0.2, 0) is 0 Å². The summed E-state index contributed by atoms with van der Waals surface area (Å²) in [7, 11) is 1.77. The van der Waals surface area contributed by atoms with Crippen molar-refractivity contribution in [2.45, 2.75) is 26.3 Å². The van der Waals surface area contributed by atoms with Crippen LogP contribution in [0.15, 0.2) is 30.3 Å². The molecule has 6 heteroatoms. The van der Waals surface area contributed by atoms with Crippen LogP contribution in [0.3, 0.4) is 0 Å². The van der Waals surface area contributed by atoms with Gasteiger partial charge in [0.25, 0.3) is 5.91 Å². The second-order valence-corrected chi connectivity index (χ2v) is 6.48. The third-order valence-corrected chi connectivity index (χ3v) is 4.29. The second-order valence-electron chi connectivity index (χ2n) is 6.07. The summed E-state index contributed by atoms with van der Waals surface area (Å²) in [5.74, 6) is 0.296. The van der Waals surface area contributed by atoms with E-state index >= 15 is 0 Å². The lowest BCUT2D eigenvalue weighted by molar-refractivity contribution is 0.0783. The maximum atomic E-state index is 12.4. The van der Waals surface area contributed by atoms with Crippen LogP contribution in [0.4, 0.5) is 0 Å². The average molecular weight is 335 g/mol. The fraction of sp³-hybridized carbons (Fsp3) is 0.412. The summed E-state index contributed by atoms with van der Waals surface area (Å²) in [6, 6.07) is 9.23. The van der Waals surface area contributed by atoms with Crippen LogP contribution in [0, 0.1) is 5.92 Å². The Morgan fingerprint density at radius 1 is 1.39 bits per heavy atom. The highest BCUT2D eigenvalue weighted by Gasteiger charge is 2.17. The number of nitrogens with one attached hydrogen (secondary N) is 1. The first-order valence-electron chi connectivity index (χ1n) is 7.71. The van der Waals surface area contributed by atoms with E-state index in [2.05, 4.69) is 24.0 Å². The van der Waals surface area contributed by atoms with Crippen molar-refractivity contribution in [3.05, 3.63) is 41.0 Å². The summed E-state index contributed by atoms with van der Waals surface area (Å²) in [6.45, 7) is 4.77. The molecule has 1 heterocycles. The number of amides is 1. The highest BCUT2D eigenvalue weighted by Crippen LogP contribution is 2.26. The van der Waals surface area contributed by atoms with E-state index in [4.69, 9.17) is 17.3 Å². The molecule has 0 saturated carbocycles. The van der Waals surface area contributed by atoms with Gasteiger partial charge in [-0.2, -0.15) is 5.10 Å². The van der Waals surface area contributed by atoms with E-state index in [1.807, 2.05) is 18.2 Å². The molecular formula is C17H23ClN4O. The van der Waals surface area contributed by atoms with Gasteiger partial charge in [0.15, 0.2) is 0 Å². The maximum Gasteiger partial charge on any atom is 0.271 e. The molecule has 0 fully saturated rings. The Bertz CT molecular complexity index is 668. The van der Waals surface area contributed by atoms with Crippen LogP contribution in [0.5, 0.6) is 0 Å². The molecule has 2 rings (SSSR count). The lowest BCUT2D eigenvalue weighted by atomic mass is 10.0. The maximum absolute atomic E-state index is 12.4. The standard InChI is InChI=1S/C17H23ClN4O/c1-11(2)14(19)8-9-22(3)17(23)16-10-15(20-21-16)12-6-4-5-7-13(12)18/h4-7,10-11,14H,8-9,19H2,1-3H3,(H,20,21). The minimum absolute atomic E-state index is 0.0886. The molecule has 0 bridgehead atoms. The number of benzene rings is 1. The van der Waals surface area contributed by atoms with Crippen molar-refractivity contribution < 1.29 is 4.79 Å². The van der Waals surface area contributed by atoms with E-state index < -0.39 is 0 Å². The molecule has 23 heavy (non-hydrogen) atoms. The van der Waals surface area contributed by atoms with Gasteiger partial charge >= 0.3 is 0 Å². The number of aromatic nitrogens is 2. The largest absolute Gasteiger partial charge is 0.340 e. The number of carbonyl (C=O) groups excluding carboxylic acids is 1. The first-order valence-corrected chi connectivity index (χ1v) is 8.09. The highest BCUT2D eigenvalue weighted by atomic mass is 35.5. The van der Waals surface area contributed by atoms with Crippen LogP contribution in [-0.4, -0.2) is 40.6 Å². The van der Waals surface area contributed by atoms with Gasteiger partial charge in [0.05, 0.1) is 10.7 Å². The third-order valence-electron chi connectivity index (χ3n) is 3.96. The van der Waals surface area contributed by atoms with Crippen molar-refractivity contribution in [2.75, 3.05) is 13.6 Å². The molecule has 5 nitrogen and oxygen atoms in total. The summed E-state index contributed by atoms with van der Waals surface area (Å²) in [4.78, 5) is 14.1. The summed E-state index contributed by atoms with van der Waals surface area (Å²) < 4.78 is 0. The molecule has 1 aromatic heterocycles. The minimum atomic E-state index is -0.105. The van der Waals surface area contributed by atoms with Crippen LogP contribution >= 0.6 is 11.6 Å². The monoisotopic (exact) mass is 334 g/mol. The Kier molecular flexibility index (Phi) is 5.80. The highest BCUT2D eigenvalue weighted by molar-refractivity contribution is 6.33. The van der Waals surface area contributed by atoms with Gasteiger partial charge in [0.1, 0.15) is 5.69 Å². The van der Waals surface area contributed by atoms with Crippen LogP contribution < -0.4 is 5.73 Å². The minimum Gasteiger partial charge on any atom is -0.340 e. The molecule has 0 radical (unpaired) electrons. The number of nitrogens with zero attached hydrogens (tertiary/aromatic N) is 2. The van der Waals surface area contributed by atoms with Gasteiger partial charge in [-0.3, -0.25) is 9.89 Å². The van der Waals surface area contributed by atoms with E-state index in [0.717, 1.165) is 12.0 Å². The zero-order chi connectivity index (χ0) is 17.0. The Hall–Kier alpha value is -1.85. The molecule has 2 aromatic rings. The SMILES string of the molecule is CC(C)C(N)CCN(C)C(=O)c1cc(-c2ccccc2Cl)n[nH]1. The first kappa shape index (κ1) is 17.5. The van der Waals surface area contributed by atoms with Crippen LogP contribution in [0.25, 0.3) is 11.3 Å². The van der Waals surface area contributed by atoms with Gasteiger partial charge in [0.2, 0.25) is 0 Å². The topological polar surface area (TPSA) is 75.0 Å². The number of H-pyrrole nitrogens is 1. The number of hydrogen-bond donors (Lipinski definition) is 2. The van der Waals surface area contributed by atoms with Crippen molar-refractivity contribution in [3.8, 4) is 11.3 Å². The average Bonchev–Trinajstić information content (AvgIpc) is 3.01.